The summed E-state index contributed by atoms with van der Waals surface area (Å²) in [6.45, 7) is 0. The number of rotatable bonds is 4. The van der Waals surface area contributed by atoms with Gasteiger partial charge in [-0.05, 0) is 35.0 Å². The molecule has 0 N–H and O–H groups in total. The minimum Gasteiger partial charge on any atom is -0.309 e. The molecule has 0 bridgehead atoms. The van der Waals surface area contributed by atoms with Gasteiger partial charge in [0.05, 0.1) is 22.1 Å². The van der Waals surface area contributed by atoms with Crippen molar-refractivity contribution in [1.29, 1.82) is 0 Å². The molecular weight excluding hydrogens is 635 g/mol. The molecule has 52 heavy (non-hydrogen) atoms. The number of aromatic nitrogens is 5. The van der Waals surface area contributed by atoms with Gasteiger partial charge in [0.25, 0.3) is 0 Å². The van der Waals surface area contributed by atoms with E-state index in [2.05, 4.69) is 149 Å². The van der Waals surface area contributed by atoms with Crippen LogP contribution in [0.3, 0.4) is 0 Å². The Morgan fingerprint density at radius 2 is 0.769 bits per heavy atom. The zero-order chi connectivity index (χ0) is 34.2. The van der Waals surface area contributed by atoms with Crippen LogP contribution in [0.15, 0.2) is 176 Å². The number of benzene rings is 8. The predicted octanol–water partition coefficient (Wildman–Crippen LogP) is 11.7. The van der Waals surface area contributed by atoms with Crippen LogP contribution >= 0.6 is 0 Å². The molecule has 0 aliphatic heterocycles. The lowest BCUT2D eigenvalue weighted by molar-refractivity contribution is 0.955. The minimum atomic E-state index is 0.584. The lowest BCUT2D eigenvalue weighted by atomic mass is 10.0. The average Bonchev–Trinajstić information content (AvgIpc) is 3.73. The van der Waals surface area contributed by atoms with Crippen LogP contribution in [0.1, 0.15) is 0 Å². The summed E-state index contributed by atoms with van der Waals surface area (Å²) in [5.41, 5.74) is 7.48. The van der Waals surface area contributed by atoms with Crippen LogP contribution in [0.4, 0.5) is 0 Å². The summed E-state index contributed by atoms with van der Waals surface area (Å²) in [5.74, 6) is 1.85. The van der Waals surface area contributed by atoms with Gasteiger partial charge in [-0.1, -0.05) is 152 Å². The summed E-state index contributed by atoms with van der Waals surface area (Å²) < 4.78 is 4.69. The normalized spacial score (nSPS) is 11.8. The Balaban J connectivity index is 1.33. The number of fused-ring (bicyclic) bond motifs is 10. The third-order valence-electron chi connectivity index (χ3n) is 10.3. The highest BCUT2D eigenvalue weighted by Gasteiger charge is 2.23. The highest BCUT2D eigenvalue weighted by Crippen LogP contribution is 2.43. The van der Waals surface area contributed by atoms with Crippen molar-refractivity contribution in [3.8, 4) is 34.4 Å². The number of hydrogen-bond acceptors (Lipinski definition) is 3. The van der Waals surface area contributed by atoms with Crippen LogP contribution in [0.5, 0.6) is 0 Å². The van der Waals surface area contributed by atoms with Gasteiger partial charge in [0.2, 0.25) is 5.95 Å². The second-order valence-corrected chi connectivity index (χ2v) is 13.3. The topological polar surface area (TPSA) is 48.5 Å². The van der Waals surface area contributed by atoms with Crippen LogP contribution in [0.25, 0.3) is 99.6 Å². The van der Waals surface area contributed by atoms with Crippen molar-refractivity contribution in [3.63, 3.8) is 0 Å². The van der Waals surface area contributed by atoms with E-state index < -0.39 is 0 Å². The second kappa shape index (κ2) is 11.2. The van der Waals surface area contributed by atoms with E-state index in [-0.39, 0.29) is 0 Å². The van der Waals surface area contributed by atoms with Crippen LogP contribution in [0.2, 0.25) is 0 Å². The molecule has 3 heterocycles. The molecule has 3 aromatic heterocycles. The highest BCUT2D eigenvalue weighted by molar-refractivity contribution is 6.25. The van der Waals surface area contributed by atoms with Gasteiger partial charge in [-0.2, -0.15) is 9.97 Å². The zero-order valence-electron chi connectivity index (χ0n) is 28.0. The van der Waals surface area contributed by atoms with Gasteiger partial charge in [0.1, 0.15) is 0 Å². The summed E-state index contributed by atoms with van der Waals surface area (Å²) in [4.78, 5) is 15.5. The molecule has 0 radical (unpaired) electrons. The fourth-order valence-electron chi connectivity index (χ4n) is 8.00. The maximum absolute atomic E-state index is 5.25. The van der Waals surface area contributed by atoms with Crippen molar-refractivity contribution >= 4 is 65.2 Å². The number of nitrogens with zero attached hydrogens (tertiary/aromatic N) is 5. The van der Waals surface area contributed by atoms with E-state index >= 15 is 0 Å². The summed E-state index contributed by atoms with van der Waals surface area (Å²) >= 11 is 0. The van der Waals surface area contributed by atoms with Crippen molar-refractivity contribution in [2.45, 2.75) is 0 Å². The van der Waals surface area contributed by atoms with Crippen LogP contribution in [-0.2, 0) is 0 Å². The number of para-hydroxylation sites is 1. The number of hydrogen-bond donors (Lipinski definition) is 0. The molecule has 0 aliphatic carbocycles. The molecule has 0 saturated carbocycles. The standard InChI is InChI=1S/C47H29N5/c1-4-16-32(17-5-1)45-48-46(33-18-6-2-7-19-33)50-47(49-45)52-42-29-39-37-26-24-30-14-10-12-22-35(30)43(37)51(34-20-8-3-9-21-34)41(39)28-40(42)38-27-25-31-15-11-13-23-36(31)44(38)52/h1-29H. The monoisotopic (exact) mass is 663 g/mol. The molecule has 0 aliphatic rings. The Kier molecular flexibility index (Phi) is 6.18. The van der Waals surface area contributed by atoms with E-state index in [1.807, 2.05) is 36.4 Å². The summed E-state index contributed by atoms with van der Waals surface area (Å²) in [5, 5.41) is 9.40. The Morgan fingerprint density at radius 1 is 0.327 bits per heavy atom. The lowest BCUT2D eigenvalue weighted by Crippen LogP contribution is -2.06. The Hall–Kier alpha value is -7.11. The third kappa shape index (κ3) is 4.26. The maximum Gasteiger partial charge on any atom is 0.238 e. The first-order valence-corrected chi connectivity index (χ1v) is 17.5. The van der Waals surface area contributed by atoms with E-state index in [1.54, 1.807) is 0 Å². The van der Waals surface area contributed by atoms with E-state index in [1.165, 1.54) is 27.1 Å². The first-order valence-electron chi connectivity index (χ1n) is 17.5. The fourth-order valence-corrected chi connectivity index (χ4v) is 8.00. The van der Waals surface area contributed by atoms with Crippen molar-refractivity contribution in [2.75, 3.05) is 0 Å². The Morgan fingerprint density at radius 3 is 1.31 bits per heavy atom. The van der Waals surface area contributed by atoms with Gasteiger partial charge in [-0.25, -0.2) is 4.98 Å². The molecular formula is C47H29N5. The first-order chi connectivity index (χ1) is 25.8. The molecule has 11 aromatic rings. The zero-order valence-corrected chi connectivity index (χ0v) is 28.0. The second-order valence-electron chi connectivity index (χ2n) is 13.3. The van der Waals surface area contributed by atoms with E-state index in [0.29, 0.717) is 17.6 Å². The molecule has 0 atom stereocenters. The van der Waals surface area contributed by atoms with Crippen molar-refractivity contribution in [3.05, 3.63) is 176 Å². The lowest BCUT2D eigenvalue weighted by Gasteiger charge is -2.12. The summed E-state index contributed by atoms with van der Waals surface area (Å²) in [6, 6.07) is 62.0. The van der Waals surface area contributed by atoms with E-state index in [0.717, 1.165) is 54.9 Å². The van der Waals surface area contributed by atoms with E-state index in [4.69, 9.17) is 15.0 Å². The molecule has 242 valence electrons. The molecule has 0 fully saturated rings. The molecule has 0 spiro atoms. The SMILES string of the molecule is c1ccc(-c2nc(-c3ccccc3)nc(-n3c4cc5c6ccc7ccccc7c6n(-c6ccccc6)c5cc4c4ccc5ccccc5c43)n2)cc1. The Bertz CT molecular complexity index is 3100. The molecule has 0 saturated heterocycles. The molecule has 5 heteroatoms. The molecule has 8 aromatic carbocycles. The molecule has 11 rings (SSSR count). The highest BCUT2D eigenvalue weighted by atomic mass is 15.2. The van der Waals surface area contributed by atoms with Gasteiger partial charge in [0, 0.05) is 49.1 Å². The van der Waals surface area contributed by atoms with Gasteiger partial charge >= 0.3 is 0 Å². The minimum absolute atomic E-state index is 0.584. The largest absolute Gasteiger partial charge is 0.309 e. The van der Waals surface area contributed by atoms with Crippen molar-refractivity contribution in [1.82, 2.24) is 24.1 Å². The Labute approximate surface area is 298 Å². The van der Waals surface area contributed by atoms with Crippen molar-refractivity contribution in [2.24, 2.45) is 0 Å². The van der Waals surface area contributed by atoms with Gasteiger partial charge < -0.3 is 4.57 Å². The molecule has 0 unspecified atom stereocenters. The van der Waals surface area contributed by atoms with E-state index in [9.17, 15) is 0 Å². The molecule has 5 nitrogen and oxygen atoms in total. The fraction of sp³-hybridized carbons (Fsp3) is 0. The van der Waals surface area contributed by atoms with Gasteiger partial charge in [0.15, 0.2) is 11.6 Å². The predicted molar refractivity (Wildman–Crippen MR) is 214 cm³/mol. The van der Waals surface area contributed by atoms with Crippen LogP contribution < -0.4 is 0 Å². The summed E-state index contributed by atoms with van der Waals surface area (Å²) in [6.07, 6.45) is 0. The van der Waals surface area contributed by atoms with Crippen LogP contribution in [0, 0.1) is 0 Å². The average molecular weight is 664 g/mol. The smallest absolute Gasteiger partial charge is 0.238 e. The van der Waals surface area contributed by atoms with Gasteiger partial charge in [-0.15, -0.1) is 0 Å². The quantitative estimate of drug-likeness (QED) is 0.188. The van der Waals surface area contributed by atoms with Crippen LogP contribution in [-0.4, -0.2) is 24.1 Å². The third-order valence-corrected chi connectivity index (χ3v) is 10.3. The maximum atomic E-state index is 5.25. The van der Waals surface area contributed by atoms with Crippen molar-refractivity contribution < 1.29 is 0 Å². The summed E-state index contributed by atoms with van der Waals surface area (Å²) in [7, 11) is 0. The first kappa shape index (κ1) is 28.7. The van der Waals surface area contributed by atoms with Gasteiger partial charge in [-0.3, -0.25) is 4.57 Å². The molecule has 0 amide bonds.